The van der Waals surface area contributed by atoms with Crippen LogP contribution >= 0.6 is 0 Å². The Labute approximate surface area is 119 Å². The SMILES string of the molecule is CC(C)N(C)S(=O)(=O)Nc1ccc(OCC(=N)N)cc1. The summed E-state index contributed by atoms with van der Waals surface area (Å²) in [5, 5.41) is 7.05. The van der Waals surface area contributed by atoms with Gasteiger partial charge in [-0.2, -0.15) is 12.7 Å². The van der Waals surface area contributed by atoms with E-state index in [2.05, 4.69) is 4.72 Å². The molecule has 7 nitrogen and oxygen atoms in total. The smallest absolute Gasteiger partial charge is 0.301 e. The molecule has 0 amide bonds. The number of hydrogen-bond acceptors (Lipinski definition) is 4. The van der Waals surface area contributed by atoms with Crippen molar-refractivity contribution in [3.8, 4) is 5.75 Å². The average molecular weight is 300 g/mol. The number of nitrogens with two attached hydrogens (primary N) is 1. The minimum absolute atomic E-state index is 0.00115. The summed E-state index contributed by atoms with van der Waals surface area (Å²) in [5.74, 6) is 0.439. The van der Waals surface area contributed by atoms with Crippen molar-refractivity contribution in [3.63, 3.8) is 0 Å². The van der Waals surface area contributed by atoms with Gasteiger partial charge in [-0.3, -0.25) is 10.1 Å². The van der Waals surface area contributed by atoms with Gasteiger partial charge in [0.05, 0.1) is 5.69 Å². The molecule has 0 atom stereocenters. The maximum atomic E-state index is 12.0. The molecule has 4 N–H and O–H groups in total. The van der Waals surface area contributed by atoms with Gasteiger partial charge in [-0.05, 0) is 38.1 Å². The van der Waals surface area contributed by atoms with Gasteiger partial charge in [0.1, 0.15) is 18.2 Å². The Morgan fingerprint density at radius 3 is 2.40 bits per heavy atom. The maximum absolute atomic E-state index is 12.0. The van der Waals surface area contributed by atoms with Crippen molar-refractivity contribution < 1.29 is 13.2 Å². The van der Waals surface area contributed by atoms with E-state index in [0.717, 1.165) is 0 Å². The zero-order valence-corrected chi connectivity index (χ0v) is 12.6. The summed E-state index contributed by atoms with van der Waals surface area (Å²) in [5.41, 5.74) is 5.61. The quantitative estimate of drug-likeness (QED) is 0.515. The van der Waals surface area contributed by atoms with Gasteiger partial charge in [0, 0.05) is 13.1 Å². The fraction of sp³-hybridized carbons (Fsp3) is 0.417. The van der Waals surface area contributed by atoms with E-state index < -0.39 is 10.2 Å². The molecular weight excluding hydrogens is 280 g/mol. The average Bonchev–Trinajstić information content (AvgIpc) is 2.36. The summed E-state index contributed by atoms with van der Waals surface area (Å²) in [7, 11) is -2.05. The molecule has 0 fully saturated rings. The molecule has 0 aliphatic heterocycles. The summed E-state index contributed by atoms with van der Waals surface area (Å²) in [6.07, 6.45) is 0. The molecule has 1 aromatic carbocycles. The molecule has 0 bridgehead atoms. The molecule has 0 saturated carbocycles. The van der Waals surface area contributed by atoms with Crippen LogP contribution in [0, 0.1) is 5.41 Å². The van der Waals surface area contributed by atoms with Gasteiger partial charge < -0.3 is 10.5 Å². The third-order valence-corrected chi connectivity index (χ3v) is 4.28. The zero-order chi connectivity index (χ0) is 15.3. The molecule has 20 heavy (non-hydrogen) atoms. The predicted molar refractivity (Wildman–Crippen MR) is 79.3 cm³/mol. The summed E-state index contributed by atoms with van der Waals surface area (Å²) >= 11 is 0. The van der Waals surface area contributed by atoms with Crippen molar-refractivity contribution in [1.82, 2.24) is 4.31 Å². The summed E-state index contributed by atoms with van der Waals surface area (Å²) in [4.78, 5) is 0. The molecule has 0 heterocycles. The monoisotopic (exact) mass is 300 g/mol. The molecule has 1 rings (SSSR count). The van der Waals surface area contributed by atoms with Crippen LogP contribution in [0.5, 0.6) is 5.75 Å². The van der Waals surface area contributed by atoms with Gasteiger partial charge >= 0.3 is 10.2 Å². The topological polar surface area (TPSA) is 109 Å². The molecule has 0 radical (unpaired) electrons. The van der Waals surface area contributed by atoms with Gasteiger partial charge in [-0.1, -0.05) is 0 Å². The highest BCUT2D eigenvalue weighted by Crippen LogP contribution is 2.17. The largest absolute Gasteiger partial charge is 0.486 e. The molecule has 1 aromatic rings. The highest BCUT2D eigenvalue weighted by molar-refractivity contribution is 7.90. The first-order valence-electron chi connectivity index (χ1n) is 6.04. The number of rotatable bonds is 7. The molecule has 0 spiro atoms. The van der Waals surface area contributed by atoms with E-state index in [4.69, 9.17) is 15.9 Å². The van der Waals surface area contributed by atoms with E-state index in [9.17, 15) is 8.42 Å². The van der Waals surface area contributed by atoms with Gasteiger partial charge in [-0.15, -0.1) is 0 Å². The Hall–Kier alpha value is -1.80. The van der Waals surface area contributed by atoms with Crippen LogP contribution < -0.4 is 15.2 Å². The summed E-state index contributed by atoms with van der Waals surface area (Å²) in [6, 6.07) is 6.25. The number of benzene rings is 1. The summed E-state index contributed by atoms with van der Waals surface area (Å²) < 4.78 is 32.9. The number of nitrogens with one attached hydrogen (secondary N) is 2. The standard InChI is InChI=1S/C12H20N4O3S/c1-9(2)16(3)20(17,18)15-10-4-6-11(7-5-10)19-8-12(13)14/h4-7,9,15H,8H2,1-3H3,(H3,13,14). The van der Waals surface area contributed by atoms with Crippen LogP contribution in [-0.4, -0.2) is 38.3 Å². The second-order valence-corrected chi connectivity index (χ2v) is 6.29. The Morgan fingerprint density at radius 1 is 1.40 bits per heavy atom. The van der Waals surface area contributed by atoms with Gasteiger partial charge in [0.25, 0.3) is 0 Å². The van der Waals surface area contributed by atoms with Gasteiger partial charge in [-0.25, -0.2) is 0 Å². The van der Waals surface area contributed by atoms with Crippen LogP contribution in [-0.2, 0) is 10.2 Å². The molecule has 112 valence electrons. The highest BCUT2D eigenvalue weighted by atomic mass is 32.2. The van der Waals surface area contributed by atoms with E-state index in [1.54, 1.807) is 38.1 Å². The van der Waals surface area contributed by atoms with E-state index in [1.807, 2.05) is 0 Å². The van der Waals surface area contributed by atoms with Crippen molar-refractivity contribution >= 4 is 21.7 Å². The number of anilines is 1. The maximum Gasteiger partial charge on any atom is 0.301 e. The number of nitrogens with zero attached hydrogens (tertiary/aromatic N) is 1. The zero-order valence-electron chi connectivity index (χ0n) is 11.8. The van der Waals surface area contributed by atoms with Gasteiger partial charge in [0.15, 0.2) is 0 Å². The van der Waals surface area contributed by atoms with Crippen LogP contribution in [0.1, 0.15) is 13.8 Å². The molecular formula is C12H20N4O3S. The van der Waals surface area contributed by atoms with Crippen molar-refractivity contribution in [3.05, 3.63) is 24.3 Å². The lowest BCUT2D eigenvalue weighted by Crippen LogP contribution is -2.37. The van der Waals surface area contributed by atoms with E-state index in [-0.39, 0.29) is 18.5 Å². The van der Waals surface area contributed by atoms with Crippen LogP contribution in [0.4, 0.5) is 5.69 Å². The fourth-order valence-electron chi connectivity index (χ4n) is 1.28. The minimum atomic E-state index is -3.56. The van der Waals surface area contributed by atoms with E-state index in [0.29, 0.717) is 11.4 Å². The normalized spacial score (nSPS) is 11.7. The van der Waals surface area contributed by atoms with E-state index >= 15 is 0 Å². The van der Waals surface area contributed by atoms with Crippen molar-refractivity contribution in [2.75, 3.05) is 18.4 Å². The first kappa shape index (κ1) is 16.3. The molecule has 0 aliphatic rings. The lowest BCUT2D eigenvalue weighted by molar-refractivity contribution is 0.374. The number of hydrogen-bond donors (Lipinski definition) is 3. The molecule has 0 aromatic heterocycles. The van der Waals surface area contributed by atoms with Crippen LogP contribution in [0.2, 0.25) is 0 Å². The van der Waals surface area contributed by atoms with Crippen LogP contribution in [0.3, 0.4) is 0 Å². The third kappa shape index (κ3) is 4.71. The van der Waals surface area contributed by atoms with Crippen molar-refractivity contribution in [2.24, 2.45) is 5.73 Å². The fourth-order valence-corrected chi connectivity index (χ4v) is 2.41. The lowest BCUT2D eigenvalue weighted by Gasteiger charge is -2.21. The predicted octanol–water partition coefficient (Wildman–Crippen LogP) is 0.998. The highest BCUT2D eigenvalue weighted by Gasteiger charge is 2.20. The number of ether oxygens (including phenoxy) is 1. The van der Waals surface area contributed by atoms with Crippen LogP contribution in [0.15, 0.2) is 24.3 Å². The third-order valence-electron chi connectivity index (χ3n) is 2.60. The summed E-state index contributed by atoms with van der Waals surface area (Å²) in [6.45, 7) is 3.58. The lowest BCUT2D eigenvalue weighted by atomic mass is 10.3. The molecule has 8 heteroatoms. The molecule has 0 saturated heterocycles. The van der Waals surface area contributed by atoms with Crippen molar-refractivity contribution in [1.29, 1.82) is 5.41 Å². The van der Waals surface area contributed by atoms with E-state index in [1.165, 1.54) is 11.4 Å². The first-order valence-corrected chi connectivity index (χ1v) is 7.48. The Morgan fingerprint density at radius 2 is 1.95 bits per heavy atom. The second kappa shape index (κ2) is 6.58. The minimum Gasteiger partial charge on any atom is -0.486 e. The van der Waals surface area contributed by atoms with Gasteiger partial charge in [0.2, 0.25) is 0 Å². The molecule has 0 aliphatic carbocycles. The number of amidine groups is 1. The Balaban J connectivity index is 2.72. The first-order chi connectivity index (χ1) is 9.22. The Kier molecular flexibility index (Phi) is 5.34. The Bertz CT molecular complexity index is 555. The van der Waals surface area contributed by atoms with Crippen molar-refractivity contribution in [2.45, 2.75) is 19.9 Å². The second-order valence-electron chi connectivity index (χ2n) is 4.56. The van der Waals surface area contributed by atoms with Crippen LogP contribution in [0.25, 0.3) is 0 Å². The molecule has 0 unspecified atom stereocenters.